The van der Waals surface area contributed by atoms with E-state index in [0.717, 1.165) is 5.56 Å². The average molecular weight is 351 g/mol. The molecule has 1 aliphatic rings. The highest BCUT2D eigenvalue weighted by atomic mass is 16.6. The Morgan fingerprint density at radius 1 is 1.12 bits per heavy atom. The number of carbonyl (C=O) groups is 1. The SMILES string of the molecule is COCCO[C@@H]1CN(C(=O)OCc2ccccc2)C[C@H]1OC(C)(C)C. The van der Waals surface area contributed by atoms with Crippen molar-refractivity contribution in [1.82, 2.24) is 4.90 Å². The summed E-state index contributed by atoms with van der Waals surface area (Å²) in [7, 11) is 1.63. The second-order valence-electron chi connectivity index (χ2n) is 7.12. The smallest absolute Gasteiger partial charge is 0.410 e. The van der Waals surface area contributed by atoms with Gasteiger partial charge in [-0.1, -0.05) is 30.3 Å². The molecular formula is C19H29NO5. The van der Waals surface area contributed by atoms with Gasteiger partial charge in [0.25, 0.3) is 0 Å². The van der Waals surface area contributed by atoms with Crippen LogP contribution in [-0.2, 0) is 25.6 Å². The summed E-state index contributed by atoms with van der Waals surface area (Å²) in [6.07, 6.45) is -0.705. The Kier molecular flexibility index (Phi) is 7.23. The van der Waals surface area contributed by atoms with Gasteiger partial charge in [0.15, 0.2) is 0 Å². The number of methoxy groups -OCH3 is 1. The first-order valence-electron chi connectivity index (χ1n) is 8.63. The second-order valence-corrected chi connectivity index (χ2v) is 7.12. The van der Waals surface area contributed by atoms with Crippen LogP contribution < -0.4 is 0 Å². The number of hydrogen-bond donors (Lipinski definition) is 0. The van der Waals surface area contributed by atoms with Crippen LogP contribution in [0.4, 0.5) is 4.79 Å². The molecular weight excluding hydrogens is 322 g/mol. The van der Waals surface area contributed by atoms with Crippen molar-refractivity contribution < 1.29 is 23.7 Å². The zero-order valence-electron chi connectivity index (χ0n) is 15.6. The molecule has 0 saturated carbocycles. The van der Waals surface area contributed by atoms with E-state index in [0.29, 0.717) is 26.3 Å². The molecule has 0 aromatic heterocycles. The second kappa shape index (κ2) is 9.17. The highest BCUT2D eigenvalue weighted by Gasteiger charge is 2.39. The third-order valence-electron chi connectivity index (χ3n) is 3.80. The molecule has 2 rings (SSSR count). The molecule has 140 valence electrons. The largest absolute Gasteiger partial charge is 0.445 e. The van der Waals surface area contributed by atoms with Crippen molar-refractivity contribution in [3.8, 4) is 0 Å². The van der Waals surface area contributed by atoms with Crippen molar-refractivity contribution >= 4 is 6.09 Å². The Morgan fingerprint density at radius 3 is 2.44 bits per heavy atom. The quantitative estimate of drug-likeness (QED) is 0.707. The summed E-state index contributed by atoms with van der Waals surface area (Å²) in [5.41, 5.74) is 0.655. The molecule has 0 bridgehead atoms. The standard InChI is InChI=1S/C19H29NO5/c1-19(2,3)25-17-13-20(12-16(17)23-11-10-22-4)18(21)24-14-15-8-6-5-7-9-15/h5-9,16-17H,10-14H2,1-4H3/t16-,17-/m1/s1. The van der Waals surface area contributed by atoms with Gasteiger partial charge in [0.2, 0.25) is 0 Å². The van der Waals surface area contributed by atoms with Crippen LogP contribution in [0.5, 0.6) is 0 Å². The van der Waals surface area contributed by atoms with Gasteiger partial charge in [-0.3, -0.25) is 0 Å². The lowest BCUT2D eigenvalue weighted by atomic mass is 10.1. The zero-order chi connectivity index (χ0) is 18.3. The van der Waals surface area contributed by atoms with Gasteiger partial charge < -0.3 is 23.8 Å². The molecule has 1 fully saturated rings. The first-order valence-corrected chi connectivity index (χ1v) is 8.63. The molecule has 1 saturated heterocycles. The molecule has 1 aliphatic heterocycles. The molecule has 0 radical (unpaired) electrons. The molecule has 1 aromatic carbocycles. The highest BCUT2D eigenvalue weighted by Crippen LogP contribution is 2.23. The first-order chi connectivity index (χ1) is 11.9. The Bertz CT molecular complexity index is 528. The van der Waals surface area contributed by atoms with Crippen LogP contribution >= 0.6 is 0 Å². The minimum atomic E-state index is -0.343. The van der Waals surface area contributed by atoms with Crippen LogP contribution in [0, 0.1) is 0 Å². The predicted molar refractivity (Wildman–Crippen MR) is 94.4 cm³/mol. The number of likely N-dealkylation sites (tertiary alicyclic amines) is 1. The predicted octanol–water partition coefficient (Wildman–Crippen LogP) is 2.85. The third-order valence-corrected chi connectivity index (χ3v) is 3.80. The summed E-state index contributed by atoms with van der Waals surface area (Å²) in [5.74, 6) is 0. The van der Waals surface area contributed by atoms with E-state index in [4.69, 9.17) is 18.9 Å². The van der Waals surface area contributed by atoms with Gasteiger partial charge in [-0.2, -0.15) is 0 Å². The van der Waals surface area contributed by atoms with Gasteiger partial charge in [0, 0.05) is 7.11 Å². The summed E-state index contributed by atoms with van der Waals surface area (Å²) in [6, 6.07) is 9.64. The molecule has 0 unspecified atom stereocenters. The zero-order valence-corrected chi connectivity index (χ0v) is 15.6. The molecule has 2 atom stereocenters. The van der Waals surface area contributed by atoms with Gasteiger partial charge >= 0.3 is 6.09 Å². The topological polar surface area (TPSA) is 57.2 Å². The summed E-state index contributed by atoms with van der Waals surface area (Å²) in [5, 5.41) is 0. The van der Waals surface area contributed by atoms with Crippen LogP contribution in [0.3, 0.4) is 0 Å². The van der Waals surface area contributed by atoms with E-state index < -0.39 is 0 Å². The fraction of sp³-hybridized carbons (Fsp3) is 0.632. The van der Waals surface area contributed by atoms with E-state index in [1.165, 1.54) is 0 Å². The van der Waals surface area contributed by atoms with E-state index in [1.807, 2.05) is 51.1 Å². The van der Waals surface area contributed by atoms with E-state index in [1.54, 1.807) is 12.0 Å². The van der Waals surface area contributed by atoms with Gasteiger partial charge in [0.1, 0.15) is 18.8 Å². The number of carbonyl (C=O) groups excluding carboxylic acids is 1. The minimum absolute atomic E-state index is 0.180. The summed E-state index contributed by atoms with van der Waals surface area (Å²) in [4.78, 5) is 14.0. The monoisotopic (exact) mass is 351 g/mol. The number of benzene rings is 1. The first kappa shape index (κ1) is 19.7. The van der Waals surface area contributed by atoms with E-state index in [9.17, 15) is 4.79 Å². The van der Waals surface area contributed by atoms with Gasteiger partial charge in [-0.15, -0.1) is 0 Å². The minimum Gasteiger partial charge on any atom is -0.445 e. The van der Waals surface area contributed by atoms with Crippen molar-refractivity contribution in [3.63, 3.8) is 0 Å². The maximum absolute atomic E-state index is 12.4. The average Bonchev–Trinajstić information content (AvgIpc) is 2.95. The van der Waals surface area contributed by atoms with Crippen LogP contribution in [0.15, 0.2) is 30.3 Å². The Labute approximate surface area is 150 Å². The number of ether oxygens (including phenoxy) is 4. The summed E-state index contributed by atoms with van der Waals surface area (Å²) in [6.45, 7) is 8.15. The van der Waals surface area contributed by atoms with E-state index >= 15 is 0 Å². The van der Waals surface area contributed by atoms with Gasteiger partial charge in [0.05, 0.1) is 31.9 Å². The Balaban J connectivity index is 1.90. The number of hydrogen-bond acceptors (Lipinski definition) is 5. The van der Waals surface area contributed by atoms with Gasteiger partial charge in [-0.05, 0) is 26.3 Å². The fourth-order valence-electron chi connectivity index (χ4n) is 2.71. The third kappa shape index (κ3) is 6.65. The van der Waals surface area contributed by atoms with Gasteiger partial charge in [-0.25, -0.2) is 4.79 Å². The lowest BCUT2D eigenvalue weighted by Gasteiger charge is -2.28. The highest BCUT2D eigenvalue weighted by molar-refractivity contribution is 5.68. The summed E-state index contributed by atoms with van der Waals surface area (Å²) < 4.78 is 22.4. The van der Waals surface area contributed by atoms with Crippen LogP contribution in [0.25, 0.3) is 0 Å². The summed E-state index contributed by atoms with van der Waals surface area (Å²) >= 11 is 0. The molecule has 6 nitrogen and oxygen atoms in total. The van der Waals surface area contributed by atoms with Crippen LogP contribution in [0.1, 0.15) is 26.3 Å². The maximum Gasteiger partial charge on any atom is 0.410 e. The fourth-order valence-corrected chi connectivity index (χ4v) is 2.71. The maximum atomic E-state index is 12.4. The lowest BCUT2D eigenvalue weighted by Crippen LogP contribution is -2.37. The normalized spacial score (nSPS) is 20.7. The molecule has 6 heteroatoms. The van der Waals surface area contributed by atoms with E-state index in [2.05, 4.69) is 0 Å². The number of amides is 1. The number of rotatable bonds is 7. The molecule has 1 amide bonds. The lowest BCUT2D eigenvalue weighted by molar-refractivity contribution is -0.112. The van der Waals surface area contributed by atoms with Crippen molar-refractivity contribution in [2.45, 2.75) is 45.2 Å². The molecule has 0 N–H and O–H groups in total. The Hall–Kier alpha value is -1.63. The Morgan fingerprint density at radius 2 is 1.80 bits per heavy atom. The molecule has 1 aromatic rings. The van der Waals surface area contributed by atoms with Crippen LogP contribution in [0.2, 0.25) is 0 Å². The van der Waals surface area contributed by atoms with E-state index in [-0.39, 0.29) is 30.5 Å². The van der Waals surface area contributed by atoms with Crippen molar-refractivity contribution in [1.29, 1.82) is 0 Å². The number of nitrogens with zero attached hydrogens (tertiary/aromatic N) is 1. The van der Waals surface area contributed by atoms with Crippen molar-refractivity contribution in [3.05, 3.63) is 35.9 Å². The van der Waals surface area contributed by atoms with Crippen LogP contribution in [-0.4, -0.2) is 62.2 Å². The molecule has 25 heavy (non-hydrogen) atoms. The van der Waals surface area contributed by atoms with Crippen molar-refractivity contribution in [2.75, 3.05) is 33.4 Å². The molecule has 0 spiro atoms. The van der Waals surface area contributed by atoms with Crippen molar-refractivity contribution in [2.24, 2.45) is 0 Å². The molecule has 1 heterocycles. The molecule has 0 aliphatic carbocycles.